The van der Waals surface area contributed by atoms with Crippen molar-refractivity contribution in [3.63, 3.8) is 0 Å². The summed E-state index contributed by atoms with van der Waals surface area (Å²) in [5.41, 5.74) is 6.10. The second-order valence-electron chi connectivity index (χ2n) is 8.13. The predicted octanol–water partition coefficient (Wildman–Crippen LogP) is 7.06. The second kappa shape index (κ2) is 9.57. The van der Waals surface area contributed by atoms with Gasteiger partial charge in [-0.05, 0) is 36.1 Å². The highest BCUT2D eigenvalue weighted by molar-refractivity contribution is 5.94. The molecule has 2 nitrogen and oxygen atoms in total. The van der Waals surface area contributed by atoms with Gasteiger partial charge in [0.25, 0.3) is 0 Å². The van der Waals surface area contributed by atoms with Gasteiger partial charge in [-0.15, -0.1) is 0 Å². The fraction of sp³-hybridized carbons (Fsp3) is 0.133. The third-order valence-electron chi connectivity index (χ3n) is 6.00. The van der Waals surface area contributed by atoms with Crippen LogP contribution in [0.1, 0.15) is 68.7 Å². The van der Waals surface area contributed by atoms with Crippen molar-refractivity contribution < 1.29 is 9.59 Å². The molecular weight excluding hydrogens is 392 g/mol. The van der Waals surface area contributed by atoms with Crippen LogP contribution in [-0.2, 0) is 0 Å². The van der Waals surface area contributed by atoms with Crippen molar-refractivity contribution in [2.24, 2.45) is 0 Å². The van der Waals surface area contributed by atoms with Crippen LogP contribution in [0.4, 0.5) is 0 Å². The normalized spacial score (nSPS) is 11.0. The number of benzene rings is 4. The molecule has 2 heteroatoms. The van der Waals surface area contributed by atoms with Gasteiger partial charge in [-0.2, -0.15) is 0 Å². The largest absolute Gasteiger partial charge is 0.295 e. The highest BCUT2D eigenvalue weighted by Crippen LogP contribution is 2.43. The standard InChI is InChI=1S/C30H26O2/c1-21(31)23-13-17-27(18-14-23)30(28-19-15-24(16-20-28)22(2)32)29(25-9-5-3-6-10-25)26-11-7-4-8-12-26/h3-20,29-30H,1-2H3. The summed E-state index contributed by atoms with van der Waals surface area (Å²) in [6.07, 6.45) is 0. The summed E-state index contributed by atoms with van der Waals surface area (Å²) in [5, 5.41) is 0. The van der Waals surface area contributed by atoms with Gasteiger partial charge >= 0.3 is 0 Å². The van der Waals surface area contributed by atoms with Crippen molar-refractivity contribution >= 4 is 11.6 Å². The zero-order valence-corrected chi connectivity index (χ0v) is 18.4. The monoisotopic (exact) mass is 418 g/mol. The Kier molecular flexibility index (Phi) is 6.42. The average molecular weight is 419 g/mol. The van der Waals surface area contributed by atoms with Gasteiger partial charge in [0, 0.05) is 23.0 Å². The van der Waals surface area contributed by atoms with Crippen LogP contribution in [0.15, 0.2) is 109 Å². The number of carbonyl (C=O) groups excluding carboxylic acids is 2. The second-order valence-corrected chi connectivity index (χ2v) is 8.13. The number of ketones is 2. The molecule has 0 amide bonds. The van der Waals surface area contributed by atoms with Crippen molar-refractivity contribution in [3.05, 3.63) is 143 Å². The molecule has 0 bridgehead atoms. The fourth-order valence-electron chi connectivity index (χ4n) is 4.33. The fourth-order valence-corrected chi connectivity index (χ4v) is 4.33. The summed E-state index contributed by atoms with van der Waals surface area (Å²) in [6, 6.07) is 36.8. The van der Waals surface area contributed by atoms with Crippen molar-refractivity contribution in [1.82, 2.24) is 0 Å². The van der Waals surface area contributed by atoms with Crippen LogP contribution in [0.25, 0.3) is 0 Å². The van der Waals surface area contributed by atoms with Crippen molar-refractivity contribution in [2.75, 3.05) is 0 Å². The maximum Gasteiger partial charge on any atom is 0.159 e. The predicted molar refractivity (Wildman–Crippen MR) is 129 cm³/mol. The van der Waals surface area contributed by atoms with Gasteiger partial charge in [0.05, 0.1) is 0 Å². The van der Waals surface area contributed by atoms with Gasteiger partial charge in [-0.3, -0.25) is 9.59 Å². The smallest absolute Gasteiger partial charge is 0.159 e. The quantitative estimate of drug-likeness (QED) is 0.301. The van der Waals surface area contributed by atoms with E-state index in [9.17, 15) is 9.59 Å². The average Bonchev–Trinajstić information content (AvgIpc) is 2.84. The molecule has 0 N–H and O–H groups in total. The third kappa shape index (κ3) is 4.60. The number of hydrogen-bond acceptors (Lipinski definition) is 2. The Morgan fingerprint density at radius 1 is 0.438 bits per heavy atom. The molecule has 0 aliphatic carbocycles. The highest BCUT2D eigenvalue weighted by atomic mass is 16.1. The first-order valence-corrected chi connectivity index (χ1v) is 10.9. The maximum absolute atomic E-state index is 11.8. The minimum absolute atomic E-state index is 0.0156. The van der Waals surface area contributed by atoms with E-state index in [0.717, 1.165) is 11.1 Å². The van der Waals surface area contributed by atoms with Gasteiger partial charge < -0.3 is 0 Å². The van der Waals surface area contributed by atoms with E-state index in [-0.39, 0.29) is 23.4 Å². The SMILES string of the molecule is CC(=O)c1ccc(C(c2ccc(C(C)=O)cc2)C(c2ccccc2)c2ccccc2)cc1. The minimum atomic E-state index is 0.0156. The van der Waals surface area contributed by atoms with E-state index in [1.165, 1.54) is 11.1 Å². The molecule has 32 heavy (non-hydrogen) atoms. The van der Waals surface area contributed by atoms with Crippen molar-refractivity contribution in [3.8, 4) is 0 Å². The zero-order chi connectivity index (χ0) is 22.5. The lowest BCUT2D eigenvalue weighted by Crippen LogP contribution is -2.15. The molecule has 0 unspecified atom stereocenters. The first-order chi connectivity index (χ1) is 15.5. The van der Waals surface area contributed by atoms with E-state index in [4.69, 9.17) is 0 Å². The topological polar surface area (TPSA) is 34.1 Å². The number of carbonyl (C=O) groups is 2. The zero-order valence-electron chi connectivity index (χ0n) is 18.4. The van der Waals surface area contributed by atoms with Crippen LogP contribution < -0.4 is 0 Å². The molecule has 0 heterocycles. The molecule has 0 saturated heterocycles. The molecule has 158 valence electrons. The Labute approximate surface area is 189 Å². The molecule has 0 aromatic heterocycles. The Hall–Kier alpha value is -3.78. The third-order valence-corrected chi connectivity index (χ3v) is 6.00. The molecule has 0 atom stereocenters. The molecule has 0 saturated carbocycles. The molecule has 4 aromatic rings. The Balaban J connectivity index is 1.91. The first-order valence-electron chi connectivity index (χ1n) is 10.9. The molecule has 0 spiro atoms. The van der Waals surface area contributed by atoms with Crippen LogP contribution in [0, 0.1) is 0 Å². The number of Topliss-reactive ketones (excluding diaryl/α,β-unsaturated/α-hetero) is 2. The summed E-state index contributed by atoms with van der Waals surface area (Å²) in [7, 11) is 0. The van der Waals surface area contributed by atoms with E-state index in [0.29, 0.717) is 11.1 Å². The van der Waals surface area contributed by atoms with Gasteiger partial charge in [-0.1, -0.05) is 109 Å². The van der Waals surface area contributed by atoms with Crippen LogP contribution in [0.3, 0.4) is 0 Å². The van der Waals surface area contributed by atoms with Crippen LogP contribution >= 0.6 is 0 Å². The Morgan fingerprint density at radius 2 is 0.719 bits per heavy atom. The summed E-state index contributed by atoms with van der Waals surface area (Å²) < 4.78 is 0. The van der Waals surface area contributed by atoms with Gasteiger partial charge in [-0.25, -0.2) is 0 Å². The van der Waals surface area contributed by atoms with Crippen molar-refractivity contribution in [2.45, 2.75) is 25.7 Å². The Morgan fingerprint density at radius 3 is 1.00 bits per heavy atom. The molecular formula is C30H26O2. The lowest BCUT2D eigenvalue weighted by Gasteiger charge is -2.29. The van der Waals surface area contributed by atoms with E-state index in [1.807, 2.05) is 36.4 Å². The lowest BCUT2D eigenvalue weighted by molar-refractivity contribution is 0.100. The highest BCUT2D eigenvalue weighted by Gasteiger charge is 2.28. The van der Waals surface area contributed by atoms with Crippen molar-refractivity contribution in [1.29, 1.82) is 0 Å². The molecule has 0 aliphatic heterocycles. The van der Waals surface area contributed by atoms with Gasteiger partial charge in [0.2, 0.25) is 0 Å². The molecule has 4 aromatic carbocycles. The van der Waals surface area contributed by atoms with Crippen LogP contribution in [0.2, 0.25) is 0 Å². The van der Waals surface area contributed by atoms with Gasteiger partial charge in [0.1, 0.15) is 0 Å². The summed E-state index contributed by atoms with van der Waals surface area (Å²) >= 11 is 0. The van der Waals surface area contributed by atoms with Crippen LogP contribution in [0.5, 0.6) is 0 Å². The summed E-state index contributed by atoms with van der Waals surface area (Å²) in [6.45, 7) is 3.17. The molecule has 0 fully saturated rings. The molecule has 4 rings (SSSR count). The maximum atomic E-state index is 11.8. The Bertz CT molecular complexity index is 1090. The van der Waals surface area contributed by atoms with E-state index in [2.05, 4.69) is 72.8 Å². The van der Waals surface area contributed by atoms with Crippen LogP contribution in [-0.4, -0.2) is 11.6 Å². The first kappa shape index (κ1) is 21.5. The van der Waals surface area contributed by atoms with E-state index >= 15 is 0 Å². The lowest BCUT2D eigenvalue weighted by atomic mass is 9.73. The summed E-state index contributed by atoms with van der Waals surface area (Å²) in [5.74, 6) is 0.203. The summed E-state index contributed by atoms with van der Waals surface area (Å²) in [4.78, 5) is 23.7. The van der Waals surface area contributed by atoms with E-state index < -0.39 is 0 Å². The number of hydrogen-bond donors (Lipinski definition) is 0. The molecule has 0 radical (unpaired) electrons. The minimum Gasteiger partial charge on any atom is -0.295 e. The molecule has 0 aliphatic rings. The van der Waals surface area contributed by atoms with E-state index in [1.54, 1.807) is 13.8 Å². The number of rotatable bonds is 7. The van der Waals surface area contributed by atoms with Gasteiger partial charge in [0.15, 0.2) is 11.6 Å².